The number of rotatable bonds is 9. The van der Waals surface area contributed by atoms with Gasteiger partial charge in [0.1, 0.15) is 45.5 Å². The third-order valence-electron chi connectivity index (χ3n) is 7.21. The van der Waals surface area contributed by atoms with Crippen LogP contribution in [0.1, 0.15) is 29.7 Å². The number of thiazole rings is 1. The third-order valence-corrected chi connectivity index (χ3v) is 8.25. The predicted molar refractivity (Wildman–Crippen MR) is 156 cm³/mol. The smallest absolute Gasteiger partial charge is 0.192 e. The molecule has 9 nitrogen and oxygen atoms in total. The molecule has 1 aliphatic rings. The first-order valence-electron chi connectivity index (χ1n) is 13.4. The number of anilines is 2. The lowest BCUT2D eigenvalue weighted by Crippen LogP contribution is -2.43. The van der Waals surface area contributed by atoms with Gasteiger partial charge in [-0.1, -0.05) is 18.3 Å². The number of nitrogens with one attached hydrogen (secondary N) is 1. The van der Waals surface area contributed by atoms with Gasteiger partial charge in [0.15, 0.2) is 5.13 Å². The summed E-state index contributed by atoms with van der Waals surface area (Å²) < 4.78 is 15.5. The number of ketones is 1. The van der Waals surface area contributed by atoms with E-state index in [1.54, 1.807) is 24.5 Å². The summed E-state index contributed by atoms with van der Waals surface area (Å²) in [4.78, 5) is 33.3. The van der Waals surface area contributed by atoms with Crippen molar-refractivity contribution < 1.29 is 9.18 Å². The zero-order chi connectivity index (χ0) is 28.5. The number of halogens is 1. The van der Waals surface area contributed by atoms with Gasteiger partial charge in [-0.2, -0.15) is 5.26 Å². The van der Waals surface area contributed by atoms with Gasteiger partial charge in [-0.3, -0.25) is 9.20 Å². The van der Waals surface area contributed by atoms with Crippen molar-refractivity contribution in [3.05, 3.63) is 77.2 Å². The van der Waals surface area contributed by atoms with Crippen LogP contribution in [0.4, 0.5) is 15.3 Å². The Balaban J connectivity index is 1.31. The number of imidazole rings is 1. The molecule has 0 saturated carbocycles. The lowest BCUT2D eigenvalue weighted by atomic mass is 9.95. The Kier molecular flexibility index (Phi) is 7.26. The van der Waals surface area contributed by atoms with Crippen molar-refractivity contribution in [2.45, 2.75) is 26.2 Å². The second-order valence-electron chi connectivity index (χ2n) is 10.1. The molecule has 5 aromatic rings. The van der Waals surface area contributed by atoms with E-state index in [0.29, 0.717) is 45.9 Å². The van der Waals surface area contributed by atoms with Crippen LogP contribution in [0.3, 0.4) is 0 Å². The Morgan fingerprint density at radius 3 is 2.51 bits per heavy atom. The SMILES string of the molecule is CCc1nc2ccc(-c3cnc(CC(=O)CC4CNC4)nc3)cn2c1N(C)c1nc(-c2ccc(F)cc2)c(C#N)s1. The van der Waals surface area contributed by atoms with Crippen LogP contribution in [0.5, 0.6) is 0 Å². The number of nitrogens with zero attached hydrogens (tertiary/aromatic N) is 7. The molecule has 0 radical (unpaired) electrons. The van der Waals surface area contributed by atoms with Gasteiger partial charge in [-0.05, 0) is 61.8 Å². The van der Waals surface area contributed by atoms with Gasteiger partial charge in [0, 0.05) is 48.7 Å². The van der Waals surface area contributed by atoms with Crippen molar-refractivity contribution in [1.29, 1.82) is 5.26 Å². The Hall–Kier alpha value is -4.53. The molecule has 6 rings (SSSR count). The predicted octanol–water partition coefficient (Wildman–Crippen LogP) is 4.98. The van der Waals surface area contributed by atoms with Crippen LogP contribution in [0.2, 0.25) is 0 Å². The second-order valence-corrected chi connectivity index (χ2v) is 11.0. The largest absolute Gasteiger partial charge is 0.316 e. The highest BCUT2D eigenvalue weighted by atomic mass is 32.1. The quantitative estimate of drug-likeness (QED) is 0.266. The number of aryl methyl sites for hydroxylation is 1. The number of hydrogen-bond donors (Lipinski definition) is 1. The number of pyridine rings is 1. The Bertz CT molecular complexity index is 1770. The summed E-state index contributed by atoms with van der Waals surface area (Å²) in [5.74, 6) is 1.60. The van der Waals surface area contributed by atoms with E-state index in [4.69, 9.17) is 9.97 Å². The van der Waals surface area contributed by atoms with E-state index >= 15 is 0 Å². The highest BCUT2D eigenvalue weighted by Crippen LogP contribution is 2.37. The summed E-state index contributed by atoms with van der Waals surface area (Å²) >= 11 is 1.28. The fourth-order valence-corrected chi connectivity index (χ4v) is 5.77. The van der Waals surface area contributed by atoms with Crippen LogP contribution in [0.15, 0.2) is 55.0 Å². The van der Waals surface area contributed by atoms with Crippen molar-refractivity contribution in [3.63, 3.8) is 0 Å². The number of hydrogen-bond acceptors (Lipinski definition) is 9. The fourth-order valence-electron chi connectivity index (χ4n) is 4.92. The summed E-state index contributed by atoms with van der Waals surface area (Å²) in [5, 5.41) is 13.6. The van der Waals surface area contributed by atoms with E-state index in [1.807, 2.05) is 41.6 Å². The van der Waals surface area contributed by atoms with Gasteiger partial charge >= 0.3 is 0 Å². The number of benzene rings is 1. The molecule has 0 atom stereocenters. The van der Waals surface area contributed by atoms with Crippen molar-refractivity contribution >= 4 is 33.7 Å². The van der Waals surface area contributed by atoms with Gasteiger partial charge < -0.3 is 10.2 Å². The molecule has 1 N–H and O–H groups in total. The molecule has 1 saturated heterocycles. The molecule has 0 amide bonds. The highest BCUT2D eigenvalue weighted by Gasteiger charge is 2.23. The topological polar surface area (TPSA) is 112 Å². The van der Waals surface area contributed by atoms with Gasteiger partial charge in [-0.15, -0.1) is 0 Å². The van der Waals surface area contributed by atoms with Crippen LogP contribution >= 0.6 is 11.3 Å². The minimum atomic E-state index is -0.343. The Labute approximate surface area is 240 Å². The molecule has 11 heteroatoms. The van der Waals surface area contributed by atoms with Crippen molar-refractivity contribution in [1.82, 2.24) is 29.7 Å². The van der Waals surface area contributed by atoms with Crippen molar-refractivity contribution in [2.24, 2.45) is 5.92 Å². The molecule has 0 unspecified atom stereocenters. The van der Waals surface area contributed by atoms with E-state index in [-0.39, 0.29) is 18.0 Å². The molecular formula is C30H27FN8OS. The Morgan fingerprint density at radius 2 is 1.85 bits per heavy atom. The number of carbonyl (C=O) groups excluding carboxylic acids is 1. The molecule has 4 aromatic heterocycles. The molecule has 206 valence electrons. The number of nitriles is 1. The van der Waals surface area contributed by atoms with Crippen LogP contribution in [-0.4, -0.2) is 50.3 Å². The van der Waals surface area contributed by atoms with E-state index in [9.17, 15) is 14.4 Å². The highest BCUT2D eigenvalue weighted by molar-refractivity contribution is 7.16. The number of fused-ring (bicyclic) bond motifs is 1. The lowest BCUT2D eigenvalue weighted by Gasteiger charge is -2.26. The lowest BCUT2D eigenvalue weighted by molar-refractivity contribution is -0.119. The normalized spacial score (nSPS) is 13.2. The van der Waals surface area contributed by atoms with Gasteiger partial charge in [0.2, 0.25) is 0 Å². The summed E-state index contributed by atoms with van der Waals surface area (Å²) in [6, 6.07) is 12.1. The van der Waals surface area contributed by atoms with Gasteiger partial charge in [-0.25, -0.2) is 24.3 Å². The summed E-state index contributed by atoms with van der Waals surface area (Å²) in [6.07, 6.45) is 6.98. The van der Waals surface area contributed by atoms with Crippen molar-refractivity contribution in [2.75, 3.05) is 25.0 Å². The molecule has 1 aromatic carbocycles. The zero-order valence-electron chi connectivity index (χ0n) is 22.6. The molecule has 5 heterocycles. The van der Waals surface area contributed by atoms with E-state index < -0.39 is 0 Å². The van der Waals surface area contributed by atoms with Gasteiger partial charge in [0.25, 0.3) is 0 Å². The van der Waals surface area contributed by atoms with Crippen LogP contribution in [-0.2, 0) is 17.6 Å². The minimum Gasteiger partial charge on any atom is -0.316 e. The molecular weight excluding hydrogens is 539 g/mol. The maximum absolute atomic E-state index is 13.5. The molecule has 0 bridgehead atoms. The van der Waals surface area contributed by atoms with E-state index in [2.05, 4.69) is 21.4 Å². The first kappa shape index (κ1) is 26.7. The second kappa shape index (κ2) is 11.2. The van der Waals surface area contributed by atoms with Crippen LogP contribution in [0.25, 0.3) is 28.0 Å². The number of Topliss-reactive ketones (excluding diaryl/α,β-unsaturated/α-hetero) is 1. The number of carbonyl (C=O) groups is 1. The third kappa shape index (κ3) is 5.31. The van der Waals surface area contributed by atoms with Crippen molar-refractivity contribution in [3.8, 4) is 28.5 Å². The first-order chi connectivity index (χ1) is 19.9. The average molecular weight is 567 g/mol. The summed E-state index contributed by atoms with van der Waals surface area (Å²) in [5.41, 5.74) is 4.58. The molecule has 1 fully saturated rings. The zero-order valence-corrected chi connectivity index (χ0v) is 23.5. The first-order valence-corrected chi connectivity index (χ1v) is 14.2. The van der Waals surface area contributed by atoms with E-state index in [0.717, 1.165) is 41.4 Å². The minimum absolute atomic E-state index is 0.160. The molecule has 1 aliphatic heterocycles. The molecule has 41 heavy (non-hydrogen) atoms. The fraction of sp³-hybridized carbons (Fsp3) is 0.267. The maximum Gasteiger partial charge on any atom is 0.192 e. The van der Waals surface area contributed by atoms with Crippen LogP contribution in [0, 0.1) is 23.1 Å². The number of aromatic nitrogens is 5. The molecule has 0 aliphatic carbocycles. The summed E-state index contributed by atoms with van der Waals surface area (Å²) in [6.45, 7) is 3.84. The van der Waals surface area contributed by atoms with E-state index in [1.165, 1.54) is 23.5 Å². The standard InChI is InChI=1S/C30H27FN8OS/c1-3-24-29(38(2)30-37-28(25(12-32)41-30)19-4-7-22(31)8-5-19)39-17-20(6-9-27(39)36-24)21-15-34-26(35-16-21)11-23(40)10-18-13-33-14-18/h4-9,15-18,33H,3,10-11,13-14H2,1-2H3. The monoisotopic (exact) mass is 566 g/mol. The average Bonchev–Trinajstić information content (AvgIpc) is 3.57. The summed E-state index contributed by atoms with van der Waals surface area (Å²) in [7, 11) is 1.90. The molecule has 0 spiro atoms. The van der Waals surface area contributed by atoms with Crippen LogP contribution < -0.4 is 10.2 Å². The maximum atomic E-state index is 13.5. The van der Waals surface area contributed by atoms with Gasteiger partial charge in [0.05, 0.1) is 12.1 Å². The Morgan fingerprint density at radius 1 is 1.12 bits per heavy atom.